The summed E-state index contributed by atoms with van der Waals surface area (Å²) in [6, 6.07) is 2.52. The molecule has 1 saturated carbocycles. The molecule has 1 aliphatic carbocycles. The van der Waals surface area contributed by atoms with E-state index in [-0.39, 0.29) is 0 Å². The van der Waals surface area contributed by atoms with Crippen molar-refractivity contribution in [3.63, 3.8) is 0 Å². The number of fused-ring (bicyclic) bond motifs is 1. The van der Waals surface area contributed by atoms with Crippen molar-refractivity contribution < 1.29 is 0 Å². The number of rotatable bonds is 4. The number of nitrogens with one attached hydrogen (secondary N) is 1. The van der Waals surface area contributed by atoms with Crippen molar-refractivity contribution in [3.05, 3.63) is 0 Å². The average molecular weight is 279 g/mol. The molecule has 3 nitrogen and oxygen atoms in total. The first-order valence-electron chi connectivity index (χ1n) is 9.08. The highest BCUT2D eigenvalue weighted by molar-refractivity contribution is 4.90. The standard InChI is InChI=1S/C17H33N3/c1-2-9-18-15-6-3-7-16(13-15)20-12-5-11-19-10-4-8-17(19)14-20/h15-18H,2-14H2,1H3. The third-order valence-electron chi connectivity index (χ3n) is 5.68. The van der Waals surface area contributed by atoms with E-state index in [0.29, 0.717) is 0 Å². The Hall–Kier alpha value is -0.120. The Bertz CT molecular complexity index is 294. The Kier molecular flexibility index (Phi) is 5.36. The van der Waals surface area contributed by atoms with Gasteiger partial charge in [0.1, 0.15) is 0 Å². The van der Waals surface area contributed by atoms with E-state index in [0.717, 1.165) is 18.1 Å². The normalized spacial score (nSPS) is 36.8. The summed E-state index contributed by atoms with van der Waals surface area (Å²) in [5.74, 6) is 0. The van der Waals surface area contributed by atoms with E-state index >= 15 is 0 Å². The van der Waals surface area contributed by atoms with Crippen LogP contribution in [0.3, 0.4) is 0 Å². The lowest BCUT2D eigenvalue weighted by Gasteiger charge is -2.38. The molecule has 3 aliphatic rings. The molecule has 0 radical (unpaired) electrons. The molecule has 3 fully saturated rings. The van der Waals surface area contributed by atoms with Crippen LogP contribution in [0.5, 0.6) is 0 Å². The Balaban J connectivity index is 1.54. The summed E-state index contributed by atoms with van der Waals surface area (Å²) in [5, 5.41) is 3.77. The van der Waals surface area contributed by atoms with Gasteiger partial charge in [-0.05, 0) is 71.1 Å². The SMILES string of the molecule is CCCNC1CCCC(N2CCCN3CCCC3C2)C1. The quantitative estimate of drug-likeness (QED) is 0.853. The summed E-state index contributed by atoms with van der Waals surface area (Å²) in [7, 11) is 0. The second kappa shape index (κ2) is 7.24. The Morgan fingerprint density at radius 2 is 1.70 bits per heavy atom. The van der Waals surface area contributed by atoms with Crippen LogP contribution in [0.2, 0.25) is 0 Å². The minimum Gasteiger partial charge on any atom is -0.314 e. The minimum absolute atomic E-state index is 0.789. The molecule has 3 rings (SSSR count). The molecule has 116 valence electrons. The molecule has 0 amide bonds. The van der Waals surface area contributed by atoms with Gasteiger partial charge in [-0.1, -0.05) is 13.3 Å². The molecule has 0 aromatic heterocycles. The molecule has 0 aromatic rings. The lowest BCUT2D eigenvalue weighted by Crippen LogP contribution is -2.47. The molecule has 20 heavy (non-hydrogen) atoms. The van der Waals surface area contributed by atoms with Crippen molar-refractivity contribution in [3.8, 4) is 0 Å². The first-order chi connectivity index (χ1) is 9.86. The van der Waals surface area contributed by atoms with Gasteiger partial charge in [-0.2, -0.15) is 0 Å². The molecule has 2 aliphatic heterocycles. The van der Waals surface area contributed by atoms with E-state index < -0.39 is 0 Å². The van der Waals surface area contributed by atoms with Gasteiger partial charge in [-0.15, -0.1) is 0 Å². The molecule has 2 heterocycles. The third kappa shape index (κ3) is 3.55. The summed E-state index contributed by atoms with van der Waals surface area (Å²) in [6.07, 6.45) is 11.2. The van der Waals surface area contributed by atoms with E-state index in [4.69, 9.17) is 0 Å². The van der Waals surface area contributed by atoms with Crippen LogP contribution in [0.15, 0.2) is 0 Å². The van der Waals surface area contributed by atoms with Crippen molar-refractivity contribution in [2.24, 2.45) is 0 Å². The first kappa shape index (κ1) is 14.8. The Morgan fingerprint density at radius 1 is 0.900 bits per heavy atom. The summed E-state index contributed by atoms with van der Waals surface area (Å²) in [4.78, 5) is 5.62. The maximum Gasteiger partial charge on any atom is 0.0223 e. The molecule has 0 spiro atoms. The van der Waals surface area contributed by atoms with Crippen LogP contribution in [0, 0.1) is 0 Å². The zero-order valence-electron chi connectivity index (χ0n) is 13.3. The molecule has 3 atom stereocenters. The zero-order chi connectivity index (χ0) is 13.8. The summed E-state index contributed by atoms with van der Waals surface area (Å²) < 4.78 is 0. The van der Waals surface area contributed by atoms with Crippen LogP contribution < -0.4 is 5.32 Å². The first-order valence-corrected chi connectivity index (χ1v) is 9.08. The highest BCUT2D eigenvalue weighted by Gasteiger charge is 2.33. The average Bonchev–Trinajstić information content (AvgIpc) is 2.82. The van der Waals surface area contributed by atoms with Gasteiger partial charge in [0.15, 0.2) is 0 Å². The monoisotopic (exact) mass is 279 g/mol. The Labute approximate surface area is 125 Å². The molecule has 1 N–H and O–H groups in total. The summed E-state index contributed by atoms with van der Waals surface area (Å²) in [6.45, 7) is 8.89. The molecule has 3 heteroatoms. The van der Waals surface area contributed by atoms with Gasteiger partial charge in [0, 0.05) is 24.7 Å². The number of hydrogen-bond acceptors (Lipinski definition) is 3. The smallest absolute Gasteiger partial charge is 0.0223 e. The van der Waals surface area contributed by atoms with Crippen molar-refractivity contribution >= 4 is 0 Å². The van der Waals surface area contributed by atoms with Gasteiger partial charge >= 0.3 is 0 Å². The van der Waals surface area contributed by atoms with Crippen LogP contribution in [-0.2, 0) is 0 Å². The van der Waals surface area contributed by atoms with Crippen LogP contribution in [0.1, 0.15) is 58.3 Å². The summed E-state index contributed by atoms with van der Waals surface area (Å²) in [5.41, 5.74) is 0. The van der Waals surface area contributed by atoms with E-state index in [1.54, 1.807) is 0 Å². The largest absolute Gasteiger partial charge is 0.314 e. The highest BCUT2D eigenvalue weighted by atomic mass is 15.3. The van der Waals surface area contributed by atoms with Crippen molar-refractivity contribution in [2.75, 3.05) is 32.7 Å². The second-order valence-electron chi connectivity index (χ2n) is 7.15. The topological polar surface area (TPSA) is 18.5 Å². The molecule has 0 bridgehead atoms. The number of nitrogens with zero attached hydrogens (tertiary/aromatic N) is 2. The van der Waals surface area contributed by atoms with Gasteiger partial charge < -0.3 is 5.32 Å². The zero-order valence-corrected chi connectivity index (χ0v) is 13.3. The third-order valence-corrected chi connectivity index (χ3v) is 5.68. The van der Waals surface area contributed by atoms with E-state index in [2.05, 4.69) is 22.0 Å². The van der Waals surface area contributed by atoms with Crippen LogP contribution >= 0.6 is 0 Å². The highest BCUT2D eigenvalue weighted by Crippen LogP contribution is 2.28. The molecule has 0 aromatic carbocycles. The lowest BCUT2D eigenvalue weighted by molar-refractivity contribution is 0.127. The molecule has 3 unspecified atom stereocenters. The number of hydrogen-bond donors (Lipinski definition) is 1. The fourth-order valence-electron chi connectivity index (χ4n) is 4.60. The van der Waals surface area contributed by atoms with Crippen LogP contribution in [-0.4, -0.2) is 60.6 Å². The Morgan fingerprint density at radius 3 is 2.60 bits per heavy atom. The lowest BCUT2D eigenvalue weighted by atomic mass is 9.89. The van der Waals surface area contributed by atoms with E-state index in [1.807, 2.05) is 0 Å². The van der Waals surface area contributed by atoms with E-state index in [9.17, 15) is 0 Å². The van der Waals surface area contributed by atoms with Gasteiger partial charge in [-0.3, -0.25) is 9.80 Å². The van der Waals surface area contributed by atoms with Gasteiger partial charge in [0.05, 0.1) is 0 Å². The maximum absolute atomic E-state index is 3.77. The second-order valence-corrected chi connectivity index (χ2v) is 7.15. The van der Waals surface area contributed by atoms with Gasteiger partial charge in [-0.25, -0.2) is 0 Å². The van der Waals surface area contributed by atoms with Crippen molar-refractivity contribution in [1.82, 2.24) is 15.1 Å². The van der Waals surface area contributed by atoms with Crippen molar-refractivity contribution in [1.29, 1.82) is 0 Å². The minimum atomic E-state index is 0.789. The molecular weight excluding hydrogens is 246 g/mol. The predicted molar refractivity (Wildman–Crippen MR) is 85.1 cm³/mol. The van der Waals surface area contributed by atoms with Crippen molar-refractivity contribution in [2.45, 2.75) is 76.4 Å². The maximum atomic E-state index is 3.77. The van der Waals surface area contributed by atoms with Gasteiger partial charge in [0.2, 0.25) is 0 Å². The van der Waals surface area contributed by atoms with Crippen LogP contribution in [0.25, 0.3) is 0 Å². The fourth-order valence-corrected chi connectivity index (χ4v) is 4.60. The summed E-state index contributed by atoms with van der Waals surface area (Å²) >= 11 is 0. The molecule has 2 saturated heterocycles. The fraction of sp³-hybridized carbons (Fsp3) is 1.00. The van der Waals surface area contributed by atoms with E-state index in [1.165, 1.54) is 84.1 Å². The van der Waals surface area contributed by atoms with Gasteiger partial charge in [0.25, 0.3) is 0 Å². The van der Waals surface area contributed by atoms with Crippen LogP contribution in [0.4, 0.5) is 0 Å². The predicted octanol–water partition coefficient (Wildman–Crippen LogP) is 2.47. The molecular formula is C17H33N3.